The molecule has 1 atom stereocenters. The van der Waals surface area contributed by atoms with Crippen molar-refractivity contribution in [2.75, 3.05) is 0 Å². The monoisotopic (exact) mass is 334 g/mol. The first kappa shape index (κ1) is 13.8. The molecule has 0 spiro atoms. The molecule has 0 radical (unpaired) electrons. The molecule has 3 rings (SSSR count). The predicted octanol–water partition coefficient (Wildman–Crippen LogP) is 3.17. The largest absolute Gasteiger partial charge is 0.319 e. The number of halogens is 1. The summed E-state index contributed by atoms with van der Waals surface area (Å²) in [7, 11) is 1.99. The third kappa shape index (κ3) is 2.79. The van der Waals surface area contributed by atoms with Crippen molar-refractivity contribution in [3.05, 3.63) is 46.5 Å². The number of rotatable bonds is 4. The van der Waals surface area contributed by atoms with Crippen LogP contribution in [-0.4, -0.2) is 20.8 Å². The Hall–Kier alpha value is -1.20. The summed E-state index contributed by atoms with van der Waals surface area (Å²) < 4.78 is 3.12. The van der Waals surface area contributed by atoms with Crippen molar-refractivity contribution in [2.24, 2.45) is 7.05 Å². The highest BCUT2D eigenvalue weighted by atomic mass is 79.9. The Balaban J connectivity index is 1.53. The zero-order valence-electron chi connectivity index (χ0n) is 11.8. The van der Waals surface area contributed by atoms with Gasteiger partial charge >= 0.3 is 0 Å². The lowest BCUT2D eigenvalue weighted by Crippen LogP contribution is -2.41. The van der Waals surface area contributed by atoms with Gasteiger partial charge in [0.1, 0.15) is 12.2 Å². The maximum Gasteiger partial charge on any atom is 0.149 e. The average molecular weight is 335 g/mol. The number of hydrogen-bond acceptors (Lipinski definition) is 3. The molecule has 4 nitrogen and oxygen atoms in total. The molecule has 1 N–H and O–H groups in total. The molecule has 2 aromatic rings. The molecule has 106 valence electrons. The second-order valence-corrected chi connectivity index (χ2v) is 6.52. The minimum absolute atomic E-state index is 0.248. The number of aryl methyl sites for hydroxylation is 1. The Kier molecular flexibility index (Phi) is 3.89. The lowest BCUT2D eigenvalue weighted by Gasteiger charge is -2.38. The van der Waals surface area contributed by atoms with Crippen LogP contribution in [0.2, 0.25) is 0 Å². The van der Waals surface area contributed by atoms with Crippen molar-refractivity contribution >= 4 is 15.9 Å². The van der Waals surface area contributed by atoms with Gasteiger partial charge in [-0.15, -0.1) is 10.2 Å². The van der Waals surface area contributed by atoms with E-state index in [4.69, 9.17) is 0 Å². The molecular formula is C15H19BrN4. The molecule has 1 aliphatic rings. The zero-order valence-corrected chi connectivity index (χ0v) is 13.3. The van der Waals surface area contributed by atoms with Gasteiger partial charge in [0.2, 0.25) is 0 Å². The number of aromatic nitrogens is 3. The highest BCUT2D eigenvalue weighted by molar-refractivity contribution is 9.10. The second kappa shape index (κ2) is 5.66. The van der Waals surface area contributed by atoms with E-state index in [-0.39, 0.29) is 6.04 Å². The summed E-state index contributed by atoms with van der Waals surface area (Å²) >= 11 is 3.48. The summed E-state index contributed by atoms with van der Waals surface area (Å²) in [6, 6.07) is 9.51. The number of nitrogens with one attached hydrogen (secondary N) is 1. The molecule has 1 aromatic carbocycles. The number of nitrogens with zero attached hydrogens (tertiary/aromatic N) is 3. The van der Waals surface area contributed by atoms with E-state index in [2.05, 4.69) is 62.6 Å². The zero-order chi connectivity index (χ0) is 14.1. The van der Waals surface area contributed by atoms with Gasteiger partial charge in [-0.05, 0) is 43.4 Å². The highest BCUT2D eigenvalue weighted by Gasteiger charge is 2.31. The van der Waals surface area contributed by atoms with Gasteiger partial charge < -0.3 is 9.88 Å². The standard InChI is InChI=1S/C15H19BrN4/c1-10(15-19-17-9-20(15)2)18-14-7-12(8-14)11-3-5-13(16)6-4-11/h3-6,9-10,12,14,18H,7-8H2,1-2H3. The van der Waals surface area contributed by atoms with Crippen molar-refractivity contribution in [1.82, 2.24) is 20.1 Å². The van der Waals surface area contributed by atoms with Gasteiger partial charge in [-0.25, -0.2) is 0 Å². The molecule has 0 aliphatic heterocycles. The lowest BCUT2D eigenvalue weighted by molar-refractivity contribution is 0.266. The van der Waals surface area contributed by atoms with E-state index in [0.717, 1.165) is 10.3 Å². The first-order valence-electron chi connectivity index (χ1n) is 6.99. The molecule has 0 saturated heterocycles. The van der Waals surface area contributed by atoms with Gasteiger partial charge in [0.15, 0.2) is 0 Å². The van der Waals surface area contributed by atoms with Crippen LogP contribution < -0.4 is 5.32 Å². The van der Waals surface area contributed by atoms with Crippen LogP contribution in [0.25, 0.3) is 0 Å². The lowest BCUT2D eigenvalue weighted by atomic mass is 9.75. The fourth-order valence-corrected chi connectivity index (χ4v) is 3.14. The maximum absolute atomic E-state index is 4.16. The van der Waals surface area contributed by atoms with Crippen molar-refractivity contribution < 1.29 is 0 Å². The van der Waals surface area contributed by atoms with E-state index in [0.29, 0.717) is 12.0 Å². The van der Waals surface area contributed by atoms with Crippen molar-refractivity contribution in [3.8, 4) is 0 Å². The molecule has 5 heteroatoms. The van der Waals surface area contributed by atoms with Crippen LogP contribution >= 0.6 is 15.9 Å². The van der Waals surface area contributed by atoms with Gasteiger partial charge in [0.05, 0.1) is 6.04 Å². The van der Waals surface area contributed by atoms with Gasteiger partial charge in [-0.3, -0.25) is 0 Å². The minimum Gasteiger partial charge on any atom is -0.319 e. The molecule has 1 fully saturated rings. The molecule has 1 aliphatic carbocycles. The van der Waals surface area contributed by atoms with Crippen molar-refractivity contribution in [3.63, 3.8) is 0 Å². The fourth-order valence-electron chi connectivity index (χ4n) is 2.87. The first-order chi connectivity index (χ1) is 9.63. The Morgan fingerprint density at radius 1 is 1.30 bits per heavy atom. The van der Waals surface area contributed by atoms with Gasteiger partial charge in [-0.1, -0.05) is 28.1 Å². The van der Waals surface area contributed by atoms with E-state index in [1.54, 1.807) is 6.33 Å². The first-order valence-corrected chi connectivity index (χ1v) is 7.78. The third-order valence-corrected chi connectivity index (χ3v) is 4.63. The second-order valence-electron chi connectivity index (χ2n) is 5.61. The van der Waals surface area contributed by atoms with Crippen LogP contribution in [0, 0.1) is 0 Å². The maximum atomic E-state index is 4.16. The summed E-state index contributed by atoms with van der Waals surface area (Å²) in [4.78, 5) is 0. The topological polar surface area (TPSA) is 42.7 Å². The molecule has 0 bridgehead atoms. The molecule has 1 aromatic heterocycles. The molecule has 1 heterocycles. The van der Waals surface area contributed by atoms with E-state index < -0.39 is 0 Å². The average Bonchev–Trinajstić information content (AvgIpc) is 2.81. The van der Waals surface area contributed by atoms with Gasteiger partial charge in [0, 0.05) is 17.6 Å². The van der Waals surface area contributed by atoms with E-state index in [1.165, 1.54) is 18.4 Å². The highest BCUT2D eigenvalue weighted by Crippen LogP contribution is 2.38. The predicted molar refractivity (Wildman–Crippen MR) is 82.5 cm³/mol. The van der Waals surface area contributed by atoms with Crippen LogP contribution in [0.5, 0.6) is 0 Å². The third-order valence-electron chi connectivity index (χ3n) is 4.10. The van der Waals surface area contributed by atoms with Crippen LogP contribution in [0.3, 0.4) is 0 Å². The summed E-state index contributed by atoms with van der Waals surface area (Å²) in [5.74, 6) is 1.68. The van der Waals surface area contributed by atoms with E-state index in [9.17, 15) is 0 Å². The quantitative estimate of drug-likeness (QED) is 0.933. The summed E-state index contributed by atoms with van der Waals surface area (Å²) in [5, 5.41) is 11.7. The minimum atomic E-state index is 0.248. The summed E-state index contributed by atoms with van der Waals surface area (Å²) in [5.41, 5.74) is 1.44. The normalized spacial score (nSPS) is 23.4. The van der Waals surface area contributed by atoms with Crippen LogP contribution in [0.4, 0.5) is 0 Å². The molecule has 20 heavy (non-hydrogen) atoms. The Morgan fingerprint density at radius 2 is 2.00 bits per heavy atom. The van der Waals surface area contributed by atoms with Crippen LogP contribution in [-0.2, 0) is 7.05 Å². The van der Waals surface area contributed by atoms with Crippen molar-refractivity contribution in [1.29, 1.82) is 0 Å². The van der Waals surface area contributed by atoms with E-state index in [1.807, 2.05) is 11.6 Å². The Labute approximate surface area is 127 Å². The van der Waals surface area contributed by atoms with Gasteiger partial charge in [0.25, 0.3) is 0 Å². The van der Waals surface area contributed by atoms with Crippen LogP contribution in [0.1, 0.15) is 43.1 Å². The summed E-state index contributed by atoms with van der Waals surface area (Å²) in [6.07, 6.45) is 4.15. The number of hydrogen-bond donors (Lipinski definition) is 1. The molecule has 1 saturated carbocycles. The SMILES string of the molecule is CC(NC1CC(c2ccc(Br)cc2)C1)c1nncn1C. The fraction of sp³-hybridized carbons (Fsp3) is 0.467. The summed E-state index contributed by atoms with van der Waals surface area (Å²) in [6.45, 7) is 2.15. The smallest absolute Gasteiger partial charge is 0.149 e. The van der Waals surface area contributed by atoms with E-state index >= 15 is 0 Å². The molecule has 0 amide bonds. The van der Waals surface area contributed by atoms with Crippen LogP contribution in [0.15, 0.2) is 35.1 Å². The van der Waals surface area contributed by atoms with Crippen molar-refractivity contribution in [2.45, 2.75) is 37.8 Å². The molecular weight excluding hydrogens is 316 g/mol. The number of benzene rings is 1. The Bertz CT molecular complexity index is 572. The molecule has 1 unspecified atom stereocenters. The Morgan fingerprint density at radius 3 is 2.60 bits per heavy atom. The van der Waals surface area contributed by atoms with Gasteiger partial charge in [-0.2, -0.15) is 0 Å².